The lowest BCUT2D eigenvalue weighted by Gasteiger charge is -2.37. The Balaban J connectivity index is 1.71. The first-order chi connectivity index (χ1) is 19.2. The molecule has 2 aliphatic heterocycles. The van der Waals surface area contributed by atoms with Crippen molar-refractivity contribution < 1.29 is 33.4 Å². The molecule has 8 heteroatoms. The number of Topliss-reactive ketones (excluding diaryl/α,β-unsaturated/α-hetero) is 3. The van der Waals surface area contributed by atoms with Crippen LogP contribution in [0.1, 0.15) is 51.6 Å². The van der Waals surface area contributed by atoms with Crippen LogP contribution >= 0.6 is 0 Å². The number of anilines is 1. The smallest absolute Gasteiger partial charge is 0.308 e. The Morgan fingerprint density at radius 3 is 2.15 bits per heavy atom. The molecule has 3 aromatic carbocycles. The molecule has 1 fully saturated rings. The number of nitrogens with zero attached hydrogens (tertiary/aromatic N) is 1. The second-order valence-corrected chi connectivity index (χ2v) is 10.2. The fourth-order valence-corrected chi connectivity index (χ4v) is 6.80. The Hall–Kier alpha value is -4.72. The molecular weight excluding hydrogens is 510 g/mol. The van der Waals surface area contributed by atoms with Crippen LogP contribution in [0.15, 0.2) is 66.7 Å². The van der Waals surface area contributed by atoms with Gasteiger partial charge < -0.3 is 19.1 Å². The number of carbonyl (C=O) groups excluding carboxylic acids is 4. The zero-order chi connectivity index (χ0) is 28.3. The van der Waals surface area contributed by atoms with Gasteiger partial charge in [-0.3, -0.25) is 19.2 Å². The summed E-state index contributed by atoms with van der Waals surface area (Å²) in [5, 5.41) is 0. The summed E-state index contributed by atoms with van der Waals surface area (Å²) in [4.78, 5) is 56.9. The second kappa shape index (κ2) is 9.19. The van der Waals surface area contributed by atoms with Crippen LogP contribution in [0.4, 0.5) is 5.69 Å². The Labute approximate surface area is 231 Å². The number of hydrogen-bond donors (Lipinski definition) is 0. The predicted octanol–water partition coefficient (Wildman–Crippen LogP) is 4.65. The number of ketones is 3. The van der Waals surface area contributed by atoms with Gasteiger partial charge >= 0.3 is 5.97 Å². The van der Waals surface area contributed by atoms with Crippen molar-refractivity contribution in [2.24, 2.45) is 5.41 Å². The van der Waals surface area contributed by atoms with Gasteiger partial charge in [-0.25, -0.2) is 0 Å². The highest BCUT2D eigenvalue weighted by atomic mass is 16.5. The quantitative estimate of drug-likeness (QED) is 0.264. The summed E-state index contributed by atoms with van der Waals surface area (Å²) < 4.78 is 16.9. The molecule has 2 heterocycles. The molecule has 1 aliphatic carbocycles. The van der Waals surface area contributed by atoms with Crippen LogP contribution in [0.3, 0.4) is 0 Å². The fraction of sp³-hybridized carbons (Fsp3) is 0.250. The van der Waals surface area contributed by atoms with Crippen molar-refractivity contribution in [3.05, 3.63) is 89.0 Å². The third kappa shape index (κ3) is 3.31. The van der Waals surface area contributed by atoms with Gasteiger partial charge in [0.15, 0.2) is 23.1 Å². The van der Waals surface area contributed by atoms with Crippen molar-refractivity contribution in [2.75, 3.05) is 19.1 Å². The van der Waals surface area contributed by atoms with Gasteiger partial charge in [-0.2, -0.15) is 0 Å². The van der Waals surface area contributed by atoms with Crippen LogP contribution in [0.25, 0.3) is 6.08 Å². The summed E-state index contributed by atoms with van der Waals surface area (Å²) in [6.45, 7) is 2.75. The fourth-order valence-electron chi connectivity index (χ4n) is 6.80. The molecule has 6 rings (SSSR count). The van der Waals surface area contributed by atoms with E-state index in [2.05, 4.69) is 0 Å². The van der Waals surface area contributed by atoms with E-state index in [1.54, 1.807) is 59.5 Å². The standard InChI is InChI=1S/C32H27NO7/c1-17(34)28-27(23-16-20(38-3)13-14-24(23)39-4)32(30(36)21-9-5-6-10-22(21)31(32)37)26-15-12-19-8-7-11-25(40-18(2)35)29(19)33(26)28/h5-16,26-28H,1-4H3/t26-,27+,28-/m1/s1. The summed E-state index contributed by atoms with van der Waals surface area (Å²) in [6, 6.07) is 15.3. The van der Waals surface area contributed by atoms with Gasteiger partial charge in [-0.15, -0.1) is 0 Å². The molecular formula is C32H27NO7. The van der Waals surface area contributed by atoms with Crippen LogP contribution in [-0.4, -0.2) is 49.6 Å². The number of para-hydroxylation sites is 1. The molecule has 1 saturated heterocycles. The van der Waals surface area contributed by atoms with Crippen LogP contribution < -0.4 is 19.1 Å². The first-order valence-electron chi connectivity index (χ1n) is 12.9. The van der Waals surface area contributed by atoms with E-state index in [1.807, 2.05) is 18.2 Å². The average molecular weight is 538 g/mol. The van der Waals surface area contributed by atoms with Crippen molar-refractivity contribution in [1.29, 1.82) is 0 Å². The summed E-state index contributed by atoms with van der Waals surface area (Å²) in [6.07, 6.45) is 3.63. The topological polar surface area (TPSA) is 99.2 Å². The van der Waals surface area contributed by atoms with E-state index in [0.29, 0.717) is 39.4 Å². The molecule has 1 spiro atoms. The number of esters is 1. The van der Waals surface area contributed by atoms with E-state index in [-0.39, 0.29) is 23.1 Å². The minimum Gasteiger partial charge on any atom is -0.497 e. The highest BCUT2D eigenvalue weighted by Gasteiger charge is 2.71. The van der Waals surface area contributed by atoms with Gasteiger partial charge in [0.1, 0.15) is 16.9 Å². The van der Waals surface area contributed by atoms with Crippen LogP contribution in [0.5, 0.6) is 17.2 Å². The summed E-state index contributed by atoms with van der Waals surface area (Å²) in [7, 11) is 3.03. The molecule has 0 aromatic heterocycles. The number of carbonyl (C=O) groups is 4. The van der Waals surface area contributed by atoms with Crippen molar-refractivity contribution in [3.8, 4) is 17.2 Å². The molecule has 3 atom stereocenters. The van der Waals surface area contributed by atoms with E-state index in [9.17, 15) is 19.2 Å². The molecule has 0 amide bonds. The van der Waals surface area contributed by atoms with Gasteiger partial charge in [0, 0.05) is 35.1 Å². The van der Waals surface area contributed by atoms with E-state index in [4.69, 9.17) is 14.2 Å². The maximum Gasteiger partial charge on any atom is 0.308 e. The zero-order valence-electron chi connectivity index (χ0n) is 22.5. The van der Waals surface area contributed by atoms with Gasteiger partial charge in [-0.1, -0.05) is 48.6 Å². The number of hydrogen-bond acceptors (Lipinski definition) is 8. The van der Waals surface area contributed by atoms with Crippen LogP contribution in [0, 0.1) is 5.41 Å². The Morgan fingerprint density at radius 1 is 0.850 bits per heavy atom. The molecule has 3 aromatic rings. The Bertz CT molecular complexity index is 1600. The molecule has 0 radical (unpaired) electrons. The van der Waals surface area contributed by atoms with Crippen LogP contribution in [0.2, 0.25) is 0 Å². The lowest BCUT2D eigenvalue weighted by Crippen LogP contribution is -2.48. The lowest BCUT2D eigenvalue weighted by atomic mass is 9.64. The van der Waals surface area contributed by atoms with Crippen molar-refractivity contribution in [2.45, 2.75) is 31.8 Å². The highest BCUT2D eigenvalue weighted by molar-refractivity contribution is 6.32. The molecule has 3 aliphatic rings. The summed E-state index contributed by atoms with van der Waals surface area (Å²) in [5.74, 6) is -1.30. The highest BCUT2D eigenvalue weighted by Crippen LogP contribution is 2.62. The van der Waals surface area contributed by atoms with Gasteiger partial charge in [0.05, 0.1) is 32.0 Å². The summed E-state index contributed by atoms with van der Waals surface area (Å²) in [5.41, 5.74) is 0.616. The molecule has 0 bridgehead atoms. The molecule has 8 nitrogen and oxygen atoms in total. The van der Waals surface area contributed by atoms with Gasteiger partial charge in [-0.05, 0) is 31.2 Å². The summed E-state index contributed by atoms with van der Waals surface area (Å²) >= 11 is 0. The number of ether oxygens (including phenoxy) is 3. The first kappa shape index (κ1) is 25.6. The Kier molecular flexibility index (Phi) is 5.87. The van der Waals surface area contributed by atoms with E-state index >= 15 is 0 Å². The number of methoxy groups -OCH3 is 2. The second-order valence-electron chi connectivity index (χ2n) is 10.2. The van der Waals surface area contributed by atoms with E-state index in [1.165, 1.54) is 28.1 Å². The molecule has 0 N–H and O–H groups in total. The average Bonchev–Trinajstić information content (AvgIpc) is 3.38. The molecule has 0 saturated carbocycles. The SMILES string of the molecule is COc1ccc(OC)c([C@H]2[C@@H](C(C)=O)N3c4c(cccc4OC(C)=O)C=C[C@@H]3C23C(=O)c2ccccc2C3=O)c1. The maximum absolute atomic E-state index is 14.6. The monoisotopic (exact) mass is 537 g/mol. The van der Waals surface area contributed by atoms with E-state index in [0.717, 1.165) is 0 Å². The van der Waals surface area contributed by atoms with Crippen LogP contribution in [-0.2, 0) is 9.59 Å². The van der Waals surface area contributed by atoms with Crippen molar-refractivity contribution in [3.63, 3.8) is 0 Å². The van der Waals surface area contributed by atoms with Crippen molar-refractivity contribution >= 4 is 35.1 Å². The predicted molar refractivity (Wildman–Crippen MR) is 147 cm³/mol. The molecule has 0 unspecified atom stereocenters. The minimum atomic E-state index is -1.70. The maximum atomic E-state index is 14.6. The zero-order valence-corrected chi connectivity index (χ0v) is 22.5. The largest absolute Gasteiger partial charge is 0.497 e. The van der Waals surface area contributed by atoms with E-state index < -0.39 is 29.4 Å². The minimum absolute atomic E-state index is 0.245. The lowest BCUT2D eigenvalue weighted by molar-refractivity contribution is -0.131. The number of benzene rings is 3. The molecule has 40 heavy (non-hydrogen) atoms. The van der Waals surface area contributed by atoms with Crippen molar-refractivity contribution in [1.82, 2.24) is 0 Å². The third-order valence-corrected chi connectivity index (χ3v) is 8.23. The Morgan fingerprint density at radius 2 is 1.55 bits per heavy atom. The molecule has 202 valence electrons. The van der Waals surface area contributed by atoms with Gasteiger partial charge in [0.2, 0.25) is 0 Å². The third-order valence-electron chi connectivity index (χ3n) is 8.23. The number of fused-ring (bicyclic) bond motifs is 5. The van der Waals surface area contributed by atoms with Gasteiger partial charge in [0.25, 0.3) is 0 Å². The normalized spacial score (nSPS) is 21.6. The number of rotatable bonds is 5. The first-order valence-corrected chi connectivity index (χ1v) is 12.9.